The van der Waals surface area contributed by atoms with E-state index in [0.717, 1.165) is 0 Å². The number of thiophene rings is 1. The van der Waals surface area contributed by atoms with Gasteiger partial charge in [-0.2, -0.15) is 0 Å². The predicted molar refractivity (Wildman–Crippen MR) is 69.6 cm³/mol. The van der Waals surface area contributed by atoms with E-state index in [1.807, 2.05) is 11.3 Å². The maximum atomic E-state index is 3.66. The molecule has 0 fully saturated rings. The molecule has 0 spiro atoms. The minimum absolute atomic E-state index is 0.552. The molecular weight excluding hydrogens is 202 g/mol. The Labute approximate surface area is 97.9 Å². The number of hydrogen-bond acceptors (Lipinski definition) is 2. The van der Waals surface area contributed by atoms with Crippen molar-refractivity contribution in [3.8, 4) is 0 Å². The van der Waals surface area contributed by atoms with Crippen molar-refractivity contribution in [1.82, 2.24) is 5.32 Å². The molecule has 86 valence electrons. The molecule has 0 saturated heterocycles. The van der Waals surface area contributed by atoms with Crippen LogP contribution >= 0.6 is 11.3 Å². The van der Waals surface area contributed by atoms with E-state index in [0.29, 0.717) is 12.1 Å². The number of hydrogen-bond donors (Lipinski definition) is 1. The molecule has 2 heteroatoms. The average molecular weight is 225 g/mol. The Balaban J connectivity index is 2.67. The standard InChI is InChI=1S/C13H23NS/c1-5-6-7-13(14-10(2)3)12-8-9-15-11(12)4/h8-10,13-14H,5-7H2,1-4H3. The summed E-state index contributed by atoms with van der Waals surface area (Å²) >= 11 is 1.85. The van der Waals surface area contributed by atoms with Gasteiger partial charge in [0.05, 0.1) is 0 Å². The normalized spacial score (nSPS) is 13.4. The van der Waals surface area contributed by atoms with E-state index in [4.69, 9.17) is 0 Å². The fourth-order valence-corrected chi connectivity index (χ4v) is 2.66. The van der Waals surface area contributed by atoms with E-state index in [1.165, 1.54) is 29.7 Å². The van der Waals surface area contributed by atoms with Crippen molar-refractivity contribution >= 4 is 11.3 Å². The Morgan fingerprint density at radius 3 is 2.60 bits per heavy atom. The zero-order valence-electron chi connectivity index (χ0n) is 10.3. The van der Waals surface area contributed by atoms with Gasteiger partial charge in [0.15, 0.2) is 0 Å². The van der Waals surface area contributed by atoms with Crippen LogP contribution in [-0.2, 0) is 0 Å². The highest BCUT2D eigenvalue weighted by molar-refractivity contribution is 7.10. The number of rotatable bonds is 6. The molecule has 1 unspecified atom stereocenters. The molecule has 0 amide bonds. The maximum absolute atomic E-state index is 3.66. The molecule has 15 heavy (non-hydrogen) atoms. The molecule has 0 saturated carbocycles. The van der Waals surface area contributed by atoms with Crippen molar-refractivity contribution < 1.29 is 0 Å². The molecule has 0 aliphatic rings. The fourth-order valence-electron chi connectivity index (χ4n) is 1.90. The van der Waals surface area contributed by atoms with Gasteiger partial charge < -0.3 is 5.32 Å². The molecule has 0 radical (unpaired) electrons. The number of nitrogens with one attached hydrogen (secondary N) is 1. The van der Waals surface area contributed by atoms with Gasteiger partial charge in [0, 0.05) is 17.0 Å². The molecule has 0 aromatic carbocycles. The van der Waals surface area contributed by atoms with Gasteiger partial charge in [-0.05, 0) is 30.4 Å². The predicted octanol–water partition coefficient (Wildman–Crippen LogP) is 4.29. The van der Waals surface area contributed by atoms with Crippen LogP contribution in [0.4, 0.5) is 0 Å². The van der Waals surface area contributed by atoms with Gasteiger partial charge in [0.2, 0.25) is 0 Å². The topological polar surface area (TPSA) is 12.0 Å². The smallest absolute Gasteiger partial charge is 0.0333 e. The molecule has 1 heterocycles. The summed E-state index contributed by atoms with van der Waals surface area (Å²) in [6, 6.07) is 3.39. The highest BCUT2D eigenvalue weighted by Gasteiger charge is 2.14. The monoisotopic (exact) mass is 225 g/mol. The second kappa shape index (κ2) is 6.29. The molecular formula is C13H23NS. The largest absolute Gasteiger partial charge is 0.308 e. The van der Waals surface area contributed by atoms with Crippen molar-refractivity contribution in [2.45, 2.75) is 59.0 Å². The first-order valence-corrected chi connectivity index (χ1v) is 6.83. The Hall–Kier alpha value is -0.340. The highest BCUT2D eigenvalue weighted by atomic mass is 32.1. The van der Waals surface area contributed by atoms with Crippen molar-refractivity contribution in [3.63, 3.8) is 0 Å². The Morgan fingerprint density at radius 1 is 1.40 bits per heavy atom. The van der Waals surface area contributed by atoms with Gasteiger partial charge in [-0.3, -0.25) is 0 Å². The summed E-state index contributed by atoms with van der Waals surface area (Å²) in [7, 11) is 0. The zero-order chi connectivity index (χ0) is 11.3. The summed E-state index contributed by atoms with van der Waals surface area (Å²) in [5.41, 5.74) is 1.50. The molecule has 1 aromatic rings. The molecule has 1 nitrogen and oxygen atoms in total. The van der Waals surface area contributed by atoms with E-state index >= 15 is 0 Å². The van der Waals surface area contributed by atoms with Crippen molar-refractivity contribution in [2.24, 2.45) is 0 Å². The molecule has 1 atom stereocenters. The van der Waals surface area contributed by atoms with Crippen LogP contribution in [0, 0.1) is 6.92 Å². The highest BCUT2D eigenvalue weighted by Crippen LogP contribution is 2.26. The lowest BCUT2D eigenvalue weighted by molar-refractivity contribution is 0.439. The van der Waals surface area contributed by atoms with Crippen LogP contribution in [0.5, 0.6) is 0 Å². The van der Waals surface area contributed by atoms with Gasteiger partial charge in [-0.25, -0.2) is 0 Å². The van der Waals surface area contributed by atoms with Crippen molar-refractivity contribution in [3.05, 3.63) is 21.9 Å². The van der Waals surface area contributed by atoms with E-state index in [-0.39, 0.29) is 0 Å². The summed E-state index contributed by atoms with van der Waals surface area (Å²) in [6.07, 6.45) is 3.84. The third-order valence-corrected chi connectivity index (χ3v) is 3.52. The summed E-state index contributed by atoms with van der Waals surface area (Å²) in [5, 5.41) is 5.86. The van der Waals surface area contributed by atoms with Crippen LogP contribution in [0.3, 0.4) is 0 Å². The zero-order valence-corrected chi connectivity index (χ0v) is 11.2. The third-order valence-electron chi connectivity index (χ3n) is 2.66. The Morgan fingerprint density at radius 2 is 2.13 bits per heavy atom. The average Bonchev–Trinajstić information content (AvgIpc) is 2.58. The van der Waals surface area contributed by atoms with Gasteiger partial charge >= 0.3 is 0 Å². The van der Waals surface area contributed by atoms with Crippen LogP contribution in [0.2, 0.25) is 0 Å². The van der Waals surface area contributed by atoms with Crippen molar-refractivity contribution in [1.29, 1.82) is 0 Å². The van der Waals surface area contributed by atoms with Crippen LogP contribution < -0.4 is 5.32 Å². The molecule has 0 bridgehead atoms. The SMILES string of the molecule is CCCCC(NC(C)C)c1ccsc1C. The summed E-state index contributed by atoms with van der Waals surface area (Å²) < 4.78 is 0. The Kier molecular flexibility index (Phi) is 5.34. The van der Waals surface area contributed by atoms with E-state index in [1.54, 1.807) is 0 Å². The van der Waals surface area contributed by atoms with E-state index in [2.05, 4.69) is 44.5 Å². The molecule has 1 N–H and O–H groups in total. The van der Waals surface area contributed by atoms with Gasteiger partial charge in [0.25, 0.3) is 0 Å². The lowest BCUT2D eigenvalue weighted by Crippen LogP contribution is -2.28. The minimum Gasteiger partial charge on any atom is -0.308 e. The first-order chi connectivity index (χ1) is 7.15. The van der Waals surface area contributed by atoms with Crippen LogP contribution in [0.25, 0.3) is 0 Å². The Bertz CT molecular complexity index is 278. The molecule has 0 aliphatic carbocycles. The first kappa shape index (κ1) is 12.7. The maximum Gasteiger partial charge on any atom is 0.0333 e. The quantitative estimate of drug-likeness (QED) is 0.761. The molecule has 1 rings (SSSR count). The van der Waals surface area contributed by atoms with E-state index in [9.17, 15) is 0 Å². The van der Waals surface area contributed by atoms with Crippen LogP contribution in [0.15, 0.2) is 11.4 Å². The second-order valence-electron chi connectivity index (χ2n) is 4.45. The summed E-state index contributed by atoms with van der Waals surface area (Å²) in [5.74, 6) is 0. The summed E-state index contributed by atoms with van der Waals surface area (Å²) in [4.78, 5) is 1.46. The van der Waals surface area contributed by atoms with Gasteiger partial charge in [-0.1, -0.05) is 33.6 Å². The lowest BCUT2D eigenvalue weighted by Gasteiger charge is -2.21. The number of aryl methyl sites for hydroxylation is 1. The third kappa shape index (κ3) is 3.96. The van der Waals surface area contributed by atoms with Gasteiger partial charge in [0.1, 0.15) is 0 Å². The van der Waals surface area contributed by atoms with Gasteiger partial charge in [-0.15, -0.1) is 11.3 Å². The number of unbranched alkanes of at least 4 members (excludes halogenated alkanes) is 1. The second-order valence-corrected chi connectivity index (χ2v) is 5.57. The van der Waals surface area contributed by atoms with E-state index < -0.39 is 0 Å². The van der Waals surface area contributed by atoms with Crippen molar-refractivity contribution in [2.75, 3.05) is 0 Å². The van der Waals surface area contributed by atoms with Crippen LogP contribution in [-0.4, -0.2) is 6.04 Å². The molecule has 0 aliphatic heterocycles. The lowest BCUT2D eigenvalue weighted by atomic mass is 10.0. The fraction of sp³-hybridized carbons (Fsp3) is 0.692. The molecule has 1 aromatic heterocycles. The van der Waals surface area contributed by atoms with Crippen LogP contribution in [0.1, 0.15) is 56.5 Å². The first-order valence-electron chi connectivity index (χ1n) is 5.95. The summed E-state index contributed by atoms with van der Waals surface area (Å²) in [6.45, 7) is 8.93. The minimum atomic E-state index is 0.552.